The molecule has 4 aromatic heterocycles. The van der Waals surface area contributed by atoms with Crippen LogP contribution in [0.3, 0.4) is 0 Å². The smallest absolute Gasteiger partial charge is 0.244 e. The van der Waals surface area contributed by atoms with Crippen molar-refractivity contribution < 1.29 is 8.83 Å². The maximum Gasteiger partial charge on any atom is 0.244 e. The third-order valence-electron chi connectivity index (χ3n) is 5.53. The number of halogens is 1. The highest BCUT2D eigenvalue weighted by Crippen LogP contribution is 2.23. The lowest BCUT2D eigenvalue weighted by molar-refractivity contribution is 0.521. The van der Waals surface area contributed by atoms with Crippen molar-refractivity contribution in [3.63, 3.8) is 0 Å². The largest absolute Gasteiger partial charge is 0.449 e. The van der Waals surface area contributed by atoms with Gasteiger partial charge in [0, 0.05) is 18.3 Å². The highest BCUT2D eigenvalue weighted by Gasteiger charge is 2.13. The minimum atomic E-state index is 0.614. The predicted octanol–water partition coefficient (Wildman–Crippen LogP) is 6.32. The van der Waals surface area contributed by atoms with Gasteiger partial charge in [0.2, 0.25) is 5.89 Å². The number of fused-ring (bicyclic) bond motifs is 2. The van der Waals surface area contributed by atoms with Gasteiger partial charge in [0.05, 0.1) is 12.4 Å². The molecule has 7 heteroatoms. The SMILES string of the molecule is Brc1ccc2c(n1)CCCC2.Cc1ncco1.c1coc(-c2ccc3c(n2)CCCC3)n1. The van der Waals surface area contributed by atoms with E-state index >= 15 is 0 Å². The number of pyridine rings is 2. The normalized spacial score (nSPS) is 14.2. The second-order valence-electron chi connectivity index (χ2n) is 7.84. The number of oxazole rings is 2. The maximum atomic E-state index is 5.24. The molecular formula is C25H27BrN4O2. The molecule has 32 heavy (non-hydrogen) atoms. The van der Waals surface area contributed by atoms with Crippen LogP contribution in [0.4, 0.5) is 0 Å². The number of aryl methyl sites for hydroxylation is 5. The summed E-state index contributed by atoms with van der Waals surface area (Å²) < 4.78 is 10.9. The van der Waals surface area contributed by atoms with Crippen molar-refractivity contribution in [2.75, 3.05) is 0 Å². The van der Waals surface area contributed by atoms with Gasteiger partial charge >= 0.3 is 0 Å². The van der Waals surface area contributed by atoms with E-state index in [9.17, 15) is 0 Å². The third kappa shape index (κ3) is 6.13. The van der Waals surface area contributed by atoms with Crippen LogP contribution >= 0.6 is 15.9 Å². The zero-order valence-corrected chi connectivity index (χ0v) is 19.8. The summed E-state index contributed by atoms with van der Waals surface area (Å²) in [7, 11) is 0. The molecule has 0 spiro atoms. The molecule has 0 aliphatic heterocycles. The Morgan fingerprint density at radius 3 is 1.94 bits per heavy atom. The summed E-state index contributed by atoms with van der Waals surface area (Å²) in [6, 6.07) is 8.37. The summed E-state index contributed by atoms with van der Waals surface area (Å²) in [5.41, 5.74) is 6.19. The second kappa shape index (κ2) is 11.2. The fourth-order valence-electron chi connectivity index (χ4n) is 3.90. The first-order chi connectivity index (χ1) is 15.7. The number of nitrogens with zero attached hydrogens (tertiary/aromatic N) is 4. The quantitative estimate of drug-likeness (QED) is 0.288. The van der Waals surface area contributed by atoms with Gasteiger partial charge in [-0.3, -0.25) is 0 Å². The highest BCUT2D eigenvalue weighted by atomic mass is 79.9. The fourth-order valence-corrected chi connectivity index (χ4v) is 4.25. The molecule has 2 aliphatic rings. The maximum absolute atomic E-state index is 5.24. The molecule has 166 valence electrons. The minimum Gasteiger partial charge on any atom is -0.449 e. The lowest BCUT2D eigenvalue weighted by atomic mass is 9.96. The Bertz CT molecular complexity index is 1110. The zero-order chi connectivity index (χ0) is 22.2. The van der Waals surface area contributed by atoms with Gasteiger partial charge in [0.1, 0.15) is 22.8 Å². The van der Waals surface area contributed by atoms with E-state index in [4.69, 9.17) is 8.83 Å². The van der Waals surface area contributed by atoms with Gasteiger partial charge in [-0.25, -0.2) is 19.9 Å². The summed E-state index contributed by atoms with van der Waals surface area (Å²) in [6.07, 6.45) is 16.2. The molecule has 0 aromatic carbocycles. The van der Waals surface area contributed by atoms with E-state index in [1.807, 2.05) is 12.1 Å². The first-order valence-electron chi connectivity index (χ1n) is 11.1. The van der Waals surface area contributed by atoms with Gasteiger partial charge < -0.3 is 8.83 Å². The van der Waals surface area contributed by atoms with Gasteiger partial charge in [-0.2, -0.15) is 0 Å². The molecule has 0 atom stereocenters. The van der Waals surface area contributed by atoms with Gasteiger partial charge in [-0.15, -0.1) is 0 Å². The van der Waals surface area contributed by atoms with Crippen molar-refractivity contribution in [2.24, 2.45) is 0 Å². The van der Waals surface area contributed by atoms with Crippen LogP contribution in [0.15, 0.2) is 62.6 Å². The molecule has 0 saturated carbocycles. The lowest BCUT2D eigenvalue weighted by Gasteiger charge is -2.14. The van der Waals surface area contributed by atoms with Crippen LogP contribution in [-0.4, -0.2) is 19.9 Å². The lowest BCUT2D eigenvalue weighted by Crippen LogP contribution is -2.05. The third-order valence-corrected chi connectivity index (χ3v) is 5.97. The van der Waals surface area contributed by atoms with E-state index in [1.165, 1.54) is 54.6 Å². The molecule has 0 fully saturated rings. The van der Waals surface area contributed by atoms with Crippen molar-refractivity contribution in [1.82, 2.24) is 19.9 Å². The number of aromatic nitrogens is 4. The molecule has 6 nitrogen and oxygen atoms in total. The van der Waals surface area contributed by atoms with Crippen LogP contribution in [0.1, 0.15) is 54.1 Å². The summed E-state index contributed by atoms with van der Waals surface area (Å²) >= 11 is 3.38. The molecule has 2 aliphatic carbocycles. The Kier molecular flexibility index (Phi) is 7.82. The first-order valence-corrected chi connectivity index (χ1v) is 11.9. The van der Waals surface area contributed by atoms with Crippen LogP contribution in [0.2, 0.25) is 0 Å². The second-order valence-corrected chi connectivity index (χ2v) is 8.66. The molecule has 4 aromatic rings. The van der Waals surface area contributed by atoms with Crippen molar-refractivity contribution in [3.05, 3.63) is 82.2 Å². The summed E-state index contributed by atoms with van der Waals surface area (Å²) in [4.78, 5) is 16.9. The summed E-state index contributed by atoms with van der Waals surface area (Å²) in [5.74, 6) is 1.33. The summed E-state index contributed by atoms with van der Waals surface area (Å²) in [5, 5.41) is 0. The van der Waals surface area contributed by atoms with E-state index < -0.39 is 0 Å². The summed E-state index contributed by atoms with van der Waals surface area (Å²) in [6.45, 7) is 1.81. The molecule has 0 unspecified atom stereocenters. The van der Waals surface area contributed by atoms with Crippen LogP contribution in [-0.2, 0) is 25.7 Å². The molecular weight excluding hydrogens is 468 g/mol. The fraction of sp³-hybridized carbons (Fsp3) is 0.360. The topological polar surface area (TPSA) is 77.8 Å². The number of rotatable bonds is 1. The van der Waals surface area contributed by atoms with Crippen LogP contribution < -0.4 is 0 Å². The van der Waals surface area contributed by atoms with Crippen molar-refractivity contribution in [1.29, 1.82) is 0 Å². The zero-order valence-electron chi connectivity index (χ0n) is 18.3. The number of hydrogen-bond acceptors (Lipinski definition) is 6. The highest BCUT2D eigenvalue weighted by molar-refractivity contribution is 9.10. The van der Waals surface area contributed by atoms with E-state index in [-0.39, 0.29) is 0 Å². The van der Waals surface area contributed by atoms with E-state index in [2.05, 4.69) is 48.0 Å². The standard InChI is InChI=1S/C12H12N2O.C9H10BrN.C4H5NO/c1-2-4-10-9(3-1)5-6-11(14-10)12-13-7-8-15-12;10-9-6-5-7-3-1-2-4-8(7)11-9;1-4-5-2-3-6-4/h5-8H,1-4H2;5-6H,1-4H2;2-3H,1H3. The van der Waals surface area contributed by atoms with Gasteiger partial charge in [0.25, 0.3) is 0 Å². The average Bonchev–Trinajstić information content (AvgIpc) is 3.54. The monoisotopic (exact) mass is 494 g/mol. The van der Waals surface area contributed by atoms with Gasteiger partial charge in [-0.1, -0.05) is 12.1 Å². The van der Waals surface area contributed by atoms with Crippen LogP contribution in [0.5, 0.6) is 0 Å². The molecule has 0 radical (unpaired) electrons. The average molecular weight is 495 g/mol. The van der Waals surface area contributed by atoms with Crippen molar-refractivity contribution in [3.8, 4) is 11.6 Å². The Balaban J connectivity index is 0.000000126. The molecule has 4 heterocycles. The van der Waals surface area contributed by atoms with E-state index in [1.54, 1.807) is 31.8 Å². The molecule has 6 rings (SSSR count). The van der Waals surface area contributed by atoms with Gasteiger partial charge in [0.15, 0.2) is 5.89 Å². The minimum absolute atomic E-state index is 0.614. The molecule has 0 saturated heterocycles. The van der Waals surface area contributed by atoms with E-state index in [0.29, 0.717) is 5.89 Å². The molecule has 0 amide bonds. The van der Waals surface area contributed by atoms with Crippen molar-refractivity contribution in [2.45, 2.75) is 58.3 Å². The number of hydrogen-bond donors (Lipinski definition) is 0. The predicted molar refractivity (Wildman–Crippen MR) is 126 cm³/mol. The van der Waals surface area contributed by atoms with Crippen LogP contribution in [0.25, 0.3) is 11.6 Å². The van der Waals surface area contributed by atoms with Crippen LogP contribution in [0, 0.1) is 6.92 Å². The Morgan fingerprint density at radius 2 is 1.34 bits per heavy atom. The Morgan fingerprint density at radius 1 is 0.719 bits per heavy atom. The van der Waals surface area contributed by atoms with Crippen molar-refractivity contribution >= 4 is 15.9 Å². The first kappa shape index (κ1) is 22.4. The molecule has 0 bridgehead atoms. The van der Waals surface area contributed by atoms with Gasteiger partial charge in [-0.05, 0) is 90.6 Å². The molecule has 0 N–H and O–H groups in total. The Labute approximate surface area is 196 Å². The Hall–Kier alpha value is -2.80. The van der Waals surface area contributed by atoms with E-state index in [0.717, 1.165) is 35.5 Å².